The van der Waals surface area contributed by atoms with E-state index in [0.29, 0.717) is 22.0 Å². The molecule has 54 heavy (non-hydrogen) atoms. The Bertz CT molecular complexity index is 2150. The van der Waals surface area contributed by atoms with Gasteiger partial charge in [-0.15, -0.1) is 11.8 Å². The average Bonchev–Trinajstić information content (AvgIpc) is 3.18. The molecule has 6 rings (SSSR count). The Morgan fingerprint density at radius 1 is 0.852 bits per heavy atom. The summed E-state index contributed by atoms with van der Waals surface area (Å²) < 4.78 is 42.3. The van der Waals surface area contributed by atoms with Gasteiger partial charge in [-0.25, -0.2) is 18.2 Å². The van der Waals surface area contributed by atoms with E-state index in [1.807, 2.05) is 68.4 Å². The van der Waals surface area contributed by atoms with Crippen molar-refractivity contribution in [2.75, 3.05) is 11.1 Å². The summed E-state index contributed by atoms with van der Waals surface area (Å²) in [5.41, 5.74) is 4.60. The minimum atomic E-state index is -4.02. The number of amides is 1. The van der Waals surface area contributed by atoms with Crippen LogP contribution in [0.2, 0.25) is 0 Å². The molecule has 0 saturated carbocycles. The zero-order valence-electron chi connectivity index (χ0n) is 29.7. The summed E-state index contributed by atoms with van der Waals surface area (Å²) in [4.78, 5) is 29.9. The van der Waals surface area contributed by atoms with Gasteiger partial charge >= 0.3 is 5.97 Å². The Hall–Kier alpha value is -4.89. The lowest BCUT2D eigenvalue weighted by Crippen LogP contribution is -2.45. The number of ether oxygens (including phenoxy) is 2. The smallest absolute Gasteiger partial charge is 0.338 e. The molecule has 0 bridgehead atoms. The van der Waals surface area contributed by atoms with Crippen LogP contribution >= 0.6 is 11.8 Å². The lowest BCUT2D eigenvalue weighted by atomic mass is 9.91. The summed E-state index contributed by atoms with van der Waals surface area (Å²) >= 11 is 1.30. The molecule has 4 aromatic carbocycles. The molecule has 1 fully saturated rings. The van der Waals surface area contributed by atoms with Crippen molar-refractivity contribution < 1.29 is 37.7 Å². The first-order chi connectivity index (χ1) is 26.0. The number of nitrogens with one attached hydrogen (secondary N) is 2. The maximum Gasteiger partial charge on any atom is 0.338 e. The molecule has 0 spiro atoms. The highest BCUT2D eigenvalue weighted by atomic mass is 32.2. The zero-order chi connectivity index (χ0) is 38.2. The molecule has 0 radical (unpaired) electrons. The topological polar surface area (TPSA) is 164 Å². The van der Waals surface area contributed by atoms with Gasteiger partial charge < -0.3 is 25.0 Å². The number of thioether (sulfide) groups is 1. The molecule has 1 saturated heterocycles. The van der Waals surface area contributed by atoms with Crippen molar-refractivity contribution in [1.82, 2.24) is 9.71 Å². The molecular formula is C41H41N3O8S2. The quantitative estimate of drug-likeness (QED) is 0.0896. The molecule has 0 aliphatic carbocycles. The van der Waals surface area contributed by atoms with Crippen LogP contribution in [-0.2, 0) is 37.3 Å². The van der Waals surface area contributed by atoms with Crippen LogP contribution in [0, 0.1) is 12.8 Å². The lowest BCUT2D eigenvalue weighted by molar-refractivity contribution is -0.268. The third-order valence-electron chi connectivity index (χ3n) is 9.19. The SMILES string of the molecule is Cc1ccc(S(=O)(=O)N[C@H](Cc2ccccc2)C(=O)Nc2ccc([C@@H]3O[C@H](CSc4ncccc4C(=O)O)[C@H](C)[C@H](c4ccc(CO)cc4)O3)cc2)cc1. The number of benzene rings is 4. The van der Waals surface area contributed by atoms with Crippen molar-refractivity contribution in [3.8, 4) is 0 Å². The van der Waals surface area contributed by atoms with E-state index in [-0.39, 0.29) is 35.5 Å². The van der Waals surface area contributed by atoms with Gasteiger partial charge in [-0.3, -0.25) is 4.79 Å². The maximum absolute atomic E-state index is 13.7. The Kier molecular flexibility index (Phi) is 12.6. The number of hydrogen-bond acceptors (Lipinski definition) is 9. The van der Waals surface area contributed by atoms with Crippen LogP contribution in [0.3, 0.4) is 0 Å². The summed E-state index contributed by atoms with van der Waals surface area (Å²) in [5, 5.41) is 22.5. The fraction of sp³-hybridized carbons (Fsp3) is 0.244. The van der Waals surface area contributed by atoms with Gasteiger partial charge in [0.2, 0.25) is 15.9 Å². The second-order valence-corrected chi connectivity index (χ2v) is 15.8. The molecule has 1 aliphatic rings. The minimum Gasteiger partial charge on any atom is -0.478 e. The van der Waals surface area contributed by atoms with Gasteiger partial charge in [-0.2, -0.15) is 4.72 Å². The van der Waals surface area contributed by atoms with Crippen molar-refractivity contribution >= 4 is 39.3 Å². The van der Waals surface area contributed by atoms with Crippen LogP contribution < -0.4 is 10.0 Å². The number of carbonyl (C=O) groups is 2. The van der Waals surface area contributed by atoms with Crippen LogP contribution in [0.25, 0.3) is 0 Å². The number of sulfonamides is 1. The molecule has 280 valence electrons. The first-order valence-corrected chi connectivity index (χ1v) is 19.8. The molecule has 0 unspecified atom stereocenters. The van der Waals surface area contributed by atoms with Gasteiger partial charge in [-0.1, -0.05) is 91.3 Å². The van der Waals surface area contributed by atoms with E-state index >= 15 is 0 Å². The maximum atomic E-state index is 13.7. The van der Waals surface area contributed by atoms with Gasteiger partial charge in [-0.05, 0) is 66.4 Å². The normalized spacial score (nSPS) is 19.2. The fourth-order valence-corrected chi connectivity index (χ4v) is 8.45. The number of aliphatic hydroxyl groups excluding tert-OH is 1. The molecule has 13 heteroatoms. The van der Waals surface area contributed by atoms with E-state index in [4.69, 9.17) is 9.47 Å². The van der Waals surface area contributed by atoms with Crippen molar-refractivity contribution in [1.29, 1.82) is 0 Å². The van der Waals surface area contributed by atoms with Crippen molar-refractivity contribution in [2.45, 2.75) is 61.3 Å². The number of carboxylic acids is 1. The van der Waals surface area contributed by atoms with E-state index in [9.17, 15) is 28.2 Å². The zero-order valence-corrected chi connectivity index (χ0v) is 31.3. The van der Waals surface area contributed by atoms with Gasteiger partial charge in [0.15, 0.2) is 6.29 Å². The summed E-state index contributed by atoms with van der Waals surface area (Å²) in [6.45, 7) is 3.79. The number of aliphatic hydroxyl groups is 1. The lowest BCUT2D eigenvalue weighted by Gasteiger charge is -2.41. The third-order valence-corrected chi connectivity index (χ3v) is 11.8. The summed E-state index contributed by atoms with van der Waals surface area (Å²) in [6, 6.07) is 32.1. The summed E-state index contributed by atoms with van der Waals surface area (Å²) in [6.07, 6.45) is 0.100. The van der Waals surface area contributed by atoms with Crippen LogP contribution in [0.15, 0.2) is 131 Å². The molecule has 1 aromatic heterocycles. The van der Waals surface area contributed by atoms with Crippen LogP contribution in [0.1, 0.15) is 57.5 Å². The number of hydrogen-bond donors (Lipinski definition) is 4. The van der Waals surface area contributed by atoms with Crippen LogP contribution in [0.5, 0.6) is 0 Å². The molecule has 4 N–H and O–H groups in total. The molecule has 5 aromatic rings. The summed E-state index contributed by atoms with van der Waals surface area (Å²) in [5.74, 6) is -1.33. The van der Waals surface area contributed by atoms with Gasteiger partial charge in [0, 0.05) is 29.1 Å². The molecule has 1 amide bonds. The van der Waals surface area contributed by atoms with E-state index in [0.717, 1.165) is 22.3 Å². The predicted molar refractivity (Wildman–Crippen MR) is 205 cm³/mol. The van der Waals surface area contributed by atoms with E-state index in [1.54, 1.807) is 48.7 Å². The number of pyridine rings is 1. The number of aromatic carboxylic acids is 1. The molecule has 2 heterocycles. The number of aromatic nitrogens is 1. The van der Waals surface area contributed by atoms with E-state index < -0.39 is 40.3 Å². The minimum absolute atomic E-state index is 0.0619. The predicted octanol–water partition coefficient (Wildman–Crippen LogP) is 6.69. The van der Waals surface area contributed by atoms with Crippen molar-refractivity contribution in [3.63, 3.8) is 0 Å². The number of aryl methyl sites for hydroxylation is 1. The molecular weight excluding hydrogens is 727 g/mol. The Balaban J connectivity index is 1.21. The van der Waals surface area contributed by atoms with Crippen molar-refractivity contribution in [3.05, 3.63) is 155 Å². The number of nitrogens with zero attached hydrogens (tertiary/aromatic N) is 1. The fourth-order valence-electron chi connectivity index (χ4n) is 6.10. The third kappa shape index (κ3) is 9.61. The van der Waals surface area contributed by atoms with Gasteiger partial charge in [0.25, 0.3) is 0 Å². The highest BCUT2D eigenvalue weighted by Crippen LogP contribution is 2.43. The highest BCUT2D eigenvalue weighted by Gasteiger charge is 2.38. The van der Waals surface area contributed by atoms with Crippen molar-refractivity contribution in [2.24, 2.45) is 5.92 Å². The largest absolute Gasteiger partial charge is 0.478 e. The Labute approximate surface area is 318 Å². The monoisotopic (exact) mass is 767 g/mol. The molecule has 11 nitrogen and oxygen atoms in total. The number of carbonyl (C=O) groups excluding carboxylic acids is 1. The number of carboxylic acid groups (broad SMARTS) is 1. The standard InChI is InChI=1S/C41H41N3O8S2/c1-26-10-20-33(21-11-26)54(49,50)44-35(23-28-7-4-3-5-8-28)38(46)43-32-18-16-31(17-19-32)41-51-36(25-53-39-34(40(47)48)9-6-22-42-39)27(2)37(52-41)30-14-12-29(24-45)13-15-30/h3-22,27,35-37,41,44-45H,23-25H2,1-2H3,(H,43,46)(H,47,48)/t27-,35+,36+,37+,41+/m0/s1. The van der Waals surface area contributed by atoms with E-state index in [1.165, 1.54) is 30.0 Å². The second kappa shape index (κ2) is 17.5. The number of anilines is 1. The summed E-state index contributed by atoms with van der Waals surface area (Å²) in [7, 11) is -4.02. The Morgan fingerprint density at radius 3 is 2.20 bits per heavy atom. The van der Waals surface area contributed by atoms with Gasteiger partial charge in [0.05, 0.1) is 29.3 Å². The average molecular weight is 768 g/mol. The molecule has 1 aliphatic heterocycles. The van der Waals surface area contributed by atoms with Gasteiger partial charge in [0.1, 0.15) is 11.1 Å². The first kappa shape index (κ1) is 38.8. The number of rotatable bonds is 14. The second-order valence-electron chi connectivity index (χ2n) is 13.1. The molecule has 5 atom stereocenters. The Morgan fingerprint density at radius 2 is 1.54 bits per heavy atom. The highest BCUT2D eigenvalue weighted by molar-refractivity contribution is 7.99. The van der Waals surface area contributed by atoms with Crippen LogP contribution in [0.4, 0.5) is 5.69 Å². The van der Waals surface area contributed by atoms with E-state index in [2.05, 4.69) is 15.0 Å². The first-order valence-electron chi connectivity index (χ1n) is 17.4. The van der Waals surface area contributed by atoms with Crippen LogP contribution in [-0.4, -0.2) is 53.4 Å².